The highest BCUT2D eigenvalue weighted by Crippen LogP contribution is 2.39. The Morgan fingerprint density at radius 1 is 1.37 bits per heavy atom. The Labute approximate surface area is 113 Å². The summed E-state index contributed by atoms with van der Waals surface area (Å²) < 4.78 is 38.4. The van der Waals surface area contributed by atoms with Gasteiger partial charge in [-0.1, -0.05) is 19.9 Å². The first-order valence-corrected chi connectivity index (χ1v) is 8.02. The Morgan fingerprint density at radius 3 is 2.68 bits per heavy atom. The minimum absolute atomic E-state index is 0.0330. The molecule has 0 aliphatic heterocycles. The van der Waals surface area contributed by atoms with Crippen LogP contribution in [0.5, 0.6) is 0 Å². The molecule has 106 valence electrons. The summed E-state index contributed by atoms with van der Waals surface area (Å²) in [4.78, 5) is 0.0330. The lowest BCUT2D eigenvalue weighted by Gasteiger charge is -2.38. The predicted octanol–water partition coefficient (Wildman–Crippen LogP) is 2.51. The van der Waals surface area contributed by atoms with E-state index in [-0.39, 0.29) is 16.4 Å². The van der Waals surface area contributed by atoms with Crippen LogP contribution in [0.1, 0.15) is 33.1 Å². The van der Waals surface area contributed by atoms with Gasteiger partial charge < -0.3 is 5.73 Å². The van der Waals surface area contributed by atoms with E-state index in [0.29, 0.717) is 12.8 Å². The van der Waals surface area contributed by atoms with Crippen molar-refractivity contribution in [3.63, 3.8) is 0 Å². The van der Waals surface area contributed by atoms with Gasteiger partial charge in [-0.3, -0.25) is 0 Å². The predicted molar refractivity (Wildman–Crippen MR) is 73.0 cm³/mol. The lowest BCUT2D eigenvalue weighted by atomic mass is 9.75. The maximum atomic E-state index is 13.2. The molecule has 0 spiro atoms. The summed E-state index contributed by atoms with van der Waals surface area (Å²) in [6.45, 7) is 4.10. The third-order valence-electron chi connectivity index (χ3n) is 3.91. The number of rotatable bonds is 2. The molecule has 0 aromatic heterocycles. The molecule has 2 unspecified atom stereocenters. The SMILES string of the molecule is CC1(C)CCC(N)C(S(=O)(=O)c2cccc(F)c2)C1. The fourth-order valence-corrected chi connectivity index (χ4v) is 4.86. The van der Waals surface area contributed by atoms with Crippen molar-refractivity contribution in [2.45, 2.75) is 49.3 Å². The Morgan fingerprint density at radius 2 is 2.05 bits per heavy atom. The van der Waals surface area contributed by atoms with Crippen molar-refractivity contribution in [2.75, 3.05) is 0 Å². The smallest absolute Gasteiger partial charge is 0.182 e. The minimum Gasteiger partial charge on any atom is -0.327 e. The first-order chi connectivity index (χ1) is 8.72. The second-order valence-corrected chi connectivity index (χ2v) is 8.28. The zero-order chi connectivity index (χ0) is 14.3. The summed E-state index contributed by atoms with van der Waals surface area (Å²) in [6, 6.07) is 4.79. The summed E-state index contributed by atoms with van der Waals surface area (Å²) in [5.41, 5.74) is 5.95. The van der Waals surface area contributed by atoms with Crippen molar-refractivity contribution in [3.05, 3.63) is 30.1 Å². The average Bonchev–Trinajstić information content (AvgIpc) is 2.32. The monoisotopic (exact) mass is 285 g/mol. The molecule has 0 bridgehead atoms. The van der Waals surface area contributed by atoms with Gasteiger partial charge in [0.15, 0.2) is 9.84 Å². The lowest BCUT2D eigenvalue weighted by molar-refractivity contribution is 0.227. The molecule has 0 heterocycles. The molecule has 19 heavy (non-hydrogen) atoms. The van der Waals surface area contributed by atoms with E-state index in [9.17, 15) is 12.8 Å². The van der Waals surface area contributed by atoms with Crippen molar-refractivity contribution in [2.24, 2.45) is 11.1 Å². The Kier molecular flexibility index (Phi) is 3.71. The second-order valence-electron chi connectivity index (χ2n) is 6.11. The van der Waals surface area contributed by atoms with Crippen LogP contribution < -0.4 is 5.73 Å². The number of sulfone groups is 1. The topological polar surface area (TPSA) is 60.2 Å². The van der Waals surface area contributed by atoms with E-state index >= 15 is 0 Å². The minimum atomic E-state index is -3.57. The first-order valence-electron chi connectivity index (χ1n) is 6.47. The van der Waals surface area contributed by atoms with Gasteiger partial charge in [0.25, 0.3) is 0 Å². The van der Waals surface area contributed by atoms with Crippen LogP contribution in [-0.4, -0.2) is 19.7 Å². The van der Waals surface area contributed by atoms with E-state index in [4.69, 9.17) is 5.73 Å². The zero-order valence-corrected chi connectivity index (χ0v) is 12.1. The molecule has 3 nitrogen and oxygen atoms in total. The van der Waals surface area contributed by atoms with Crippen molar-refractivity contribution >= 4 is 9.84 Å². The normalized spacial score (nSPS) is 27.2. The molecule has 0 radical (unpaired) electrons. The maximum absolute atomic E-state index is 13.2. The largest absolute Gasteiger partial charge is 0.327 e. The summed E-state index contributed by atoms with van der Waals surface area (Å²) in [7, 11) is -3.57. The summed E-state index contributed by atoms with van der Waals surface area (Å²) in [5, 5.41) is -0.627. The van der Waals surface area contributed by atoms with Crippen molar-refractivity contribution in [1.29, 1.82) is 0 Å². The van der Waals surface area contributed by atoms with Crippen molar-refractivity contribution in [3.8, 4) is 0 Å². The van der Waals surface area contributed by atoms with Gasteiger partial charge in [0.1, 0.15) is 5.82 Å². The molecule has 0 amide bonds. The van der Waals surface area contributed by atoms with Gasteiger partial charge in [-0.25, -0.2) is 12.8 Å². The molecular weight excluding hydrogens is 265 g/mol. The molecule has 1 aromatic rings. The van der Waals surface area contributed by atoms with Crippen LogP contribution >= 0.6 is 0 Å². The van der Waals surface area contributed by atoms with Gasteiger partial charge in [-0.15, -0.1) is 0 Å². The van der Waals surface area contributed by atoms with Crippen LogP contribution in [0.25, 0.3) is 0 Å². The zero-order valence-electron chi connectivity index (χ0n) is 11.3. The Hall–Kier alpha value is -0.940. The molecule has 0 saturated heterocycles. The summed E-state index contributed by atoms with van der Waals surface area (Å²) in [5.74, 6) is -0.537. The van der Waals surface area contributed by atoms with E-state index < -0.39 is 20.9 Å². The van der Waals surface area contributed by atoms with Gasteiger partial charge in [0, 0.05) is 6.04 Å². The summed E-state index contributed by atoms with van der Waals surface area (Å²) in [6.07, 6.45) is 2.13. The number of hydrogen-bond acceptors (Lipinski definition) is 3. The van der Waals surface area contributed by atoms with E-state index in [2.05, 4.69) is 0 Å². The molecule has 2 N–H and O–H groups in total. The molecule has 2 atom stereocenters. The van der Waals surface area contributed by atoms with Crippen LogP contribution in [0.2, 0.25) is 0 Å². The fraction of sp³-hybridized carbons (Fsp3) is 0.571. The molecule has 1 saturated carbocycles. The van der Waals surface area contributed by atoms with Gasteiger partial charge in [-0.2, -0.15) is 0 Å². The number of hydrogen-bond donors (Lipinski definition) is 1. The van der Waals surface area contributed by atoms with E-state index in [1.165, 1.54) is 18.2 Å². The van der Waals surface area contributed by atoms with E-state index in [1.54, 1.807) is 0 Å². The molecule has 1 fully saturated rings. The van der Waals surface area contributed by atoms with E-state index in [1.807, 2.05) is 13.8 Å². The van der Waals surface area contributed by atoms with Crippen LogP contribution in [0.15, 0.2) is 29.2 Å². The summed E-state index contributed by atoms with van der Waals surface area (Å²) >= 11 is 0. The number of halogens is 1. The van der Waals surface area contributed by atoms with Gasteiger partial charge >= 0.3 is 0 Å². The molecule has 1 aromatic carbocycles. The first kappa shape index (κ1) is 14.5. The molecule has 1 aliphatic carbocycles. The fourth-order valence-electron chi connectivity index (χ4n) is 2.70. The molecule has 5 heteroatoms. The molecule has 1 aliphatic rings. The second kappa shape index (κ2) is 4.87. The van der Waals surface area contributed by atoms with Gasteiger partial charge in [0.05, 0.1) is 10.1 Å². The highest BCUT2D eigenvalue weighted by molar-refractivity contribution is 7.92. The van der Waals surface area contributed by atoms with E-state index in [0.717, 1.165) is 12.5 Å². The van der Waals surface area contributed by atoms with Crippen LogP contribution in [0, 0.1) is 11.2 Å². The maximum Gasteiger partial charge on any atom is 0.182 e. The van der Waals surface area contributed by atoms with Gasteiger partial charge in [0.2, 0.25) is 0 Å². The highest BCUT2D eigenvalue weighted by Gasteiger charge is 2.41. The third kappa shape index (κ3) is 2.98. The molecule has 2 rings (SSSR count). The molecular formula is C14H20FNO2S. The van der Waals surface area contributed by atoms with Crippen molar-refractivity contribution in [1.82, 2.24) is 0 Å². The van der Waals surface area contributed by atoms with Gasteiger partial charge in [-0.05, 0) is 42.9 Å². The van der Waals surface area contributed by atoms with Crippen LogP contribution in [0.4, 0.5) is 4.39 Å². The highest BCUT2D eigenvalue weighted by atomic mass is 32.2. The van der Waals surface area contributed by atoms with Crippen LogP contribution in [-0.2, 0) is 9.84 Å². The standard InChI is InChI=1S/C14H20FNO2S/c1-14(2)7-6-12(16)13(9-14)19(17,18)11-5-3-4-10(15)8-11/h3-5,8,12-13H,6-7,9,16H2,1-2H3. The Bertz CT molecular complexity index is 569. The average molecular weight is 285 g/mol. The van der Waals surface area contributed by atoms with Crippen molar-refractivity contribution < 1.29 is 12.8 Å². The Balaban J connectivity index is 2.38. The number of benzene rings is 1. The number of nitrogens with two attached hydrogens (primary N) is 1. The van der Waals surface area contributed by atoms with Crippen LogP contribution in [0.3, 0.4) is 0 Å². The third-order valence-corrected chi connectivity index (χ3v) is 6.13. The lowest BCUT2D eigenvalue weighted by Crippen LogP contribution is -2.47. The quantitative estimate of drug-likeness (QED) is 0.908.